The number of nitro benzene ring substituents is 1. The van der Waals surface area contributed by atoms with Gasteiger partial charge in [-0.05, 0) is 18.9 Å². The molecule has 0 fully saturated rings. The van der Waals surface area contributed by atoms with E-state index in [4.69, 9.17) is 4.42 Å². The lowest BCUT2D eigenvalue weighted by Gasteiger charge is -2.03. The van der Waals surface area contributed by atoms with Crippen LogP contribution in [0.25, 0.3) is 11.1 Å². The molecule has 130 valence electrons. The number of benzene rings is 1. The van der Waals surface area contributed by atoms with Crippen molar-refractivity contribution in [2.45, 2.75) is 45.1 Å². The number of ether oxygens (including phenoxy) is 1. The fourth-order valence-corrected chi connectivity index (χ4v) is 2.55. The molecule has 0 spiro atoms. The molecule has 1 heterocycles. The second-order valence-electron chi connectivity index (χ2n) is 5.52. The van der Waals surface area contributed by atoms with Crippen LogP contribution in [0.15, 0.2) is 27.4 Å². The number of hydrogen-bond donors (Lipinski definition) is 0. The van der Waals surface area contributed by atoms with E-state index in [1.54, 1.807) is 0 Å². The monoisotopic (exact) mass is 336 g/mol. The highest BCUT2D eigenvalue weighted by molar-refractivity contribution is 5.75. The number of unbranched alkanes of at least 4 members (excludes halogenated alkanes) is 4. The first-order chi connectivity index (χ1) is 11.5. The Hall–Kier alpha value is -2.64. The normalized spacial score (nSPS) is 10.9. The Balaban J connectivity index is 1.87. The predicted molar refractivity (Wildman–Crippen MR) is 86.8 cm³/mol. The number of oxazole rings is 1. The smallest absolute Gasteiger partial charge is 0.419 e. The van der Waals surface area contributed by atoms with Gasteiger partial charge in [0, 0.05) is 25.1 Å². The second kappa shape index (κ2) is 8.28. The summed E-state index contributed by atoms with van der Waals surface area (Å²) in [6.07, 6.45) is 4.73. The van der Waals surface area contributed by atoms with Crippen LogP contribution in [0.5, 0.6) is 0 Å². The summed E-state index contributed by atoms with van der Waals surface area (Å²) in [5.41, 5.74) is 0.725. The lowest BCUT2D eigenvalue weighted by Crippen LogP contribution is -2.14. The molecule has 0 unspecified atom stereocenters. The number of carbonyl (C=O) groups excluding carboxylic acids is 1. The van der Waals surface area contributed by atoms with Gasteiger partial charge >= 0.3 is 11.7 Å². The highest BCUT2D eigenvalue weighted by Gasteiger charge is 2.13. The summed E-state index contributed by atoms with van der Waals surface area (Å²) in [5.74, 6) is -0.704. The zero-order valence-electron chi connectivity index (χ0n) is 13.5. The first-order valence-electron chi connectivity index (χ1n) is 7.87. The fraction of sp³-hybridized carbons (Fsp3) is 0.500. The van der Waals surface area contributed by atoms with Gasteiger partial charge in [-0.2, -0.15) is 0 Å². The molecule has 0 atom stereocenters. The average molecular weight is 336 g/mol. The maximum absolute atomic E-state index is 11.9. The van der Waals surface area contributed by atoms with Crippen molar-refractivity contribution < 1.29 is 18.9 Å². The largest absolute Gasteiger partial charge is 0.469 e. The van der Waals surface area contributed by atoms with Gasteiger partial charge < -0.3 is 9.15 Å². The van der Waals surface area contributed by atoms with E-state index in [2.05, 4.69) is 4.74 Å². The van der Waals surface area contributed by atoms with Gasteiger partial charge in [0.1, 0.15) is 0 Å². The van der Waals surface area contributed by atoms with Crippen molar-refractivity contribution in [1.82, 2.24) is 4.57 Å². The number of aryl methyl sites for hydroxylation is 1. The maximum atomic E-state index is 11.9. The van der Waals surface area contributed by atoms with Gasteiger partial charge in [0.05, 0.1) is 17.5 Å². The zero-order chi connectivity index (χ0) is 17.5. The van der Waals surface area contributed by atoms with Crippen molar-refractivity contribution in [3.8, 4) is 0 Å². The zero-order valence-corrected chi connectivity index (χ0v) is 13.5. The van der Waals surface area contributed by atoms with E-state index in [9.17, 15) is 19.7 Å². The predicted octanol–water partition coefficient (Wildman–Crippen LogP) is 3.02. The van der Waals surface area contributed by atoms with Crippen LogP contribution in [0.2, 0.25) is 0 Å². The molecule has 0 bridgehead atoms. The van der Waals surface area contributed by atoms with E-state index in [0.717, 1.165) is 32.1 Å². The molecule has 0 radical (unpaired) electrons. The lowest BCUT2D eigenvalue weighted by atomic mass is 10.1. The van der Waals surface area contributed by atoms with Crippen LogP contribution in [-0.2, 0) is 16.1 Å². The van der Waals surface area contributed by atoms with Crippen molar-refractivity contribution >= 4 is 22.8 Å². The minimum Gasteiger partial charge on any atom is -0.469 e. The summed E-state index contributed by atoms with van der Waals surface area (Å²) >= 11 is 0. The molecule has 0 saturated heterocycles. The Labute approximate surface area is 138 Å². The number of rotatable bonds is 9. The third-order valence-electron chi connectivity index (χ3n) is 3.85. The number of carbonyl (C=O) groups is 1. The summed E-state index contributed by atoms with van der Waals surface area (Å²) < 4.78 is 11.1. The Kier molecular flexibility index (Phi) is 6.11. The van der Waals surface area contributed by atoms with Gasteiger partial charge in [-0.15, -0.1) is 0 Å². The number of nitrogens with zero attached hydrogens (tertiary/aromatic N) is 2. The molecule has 8 nitrogen and oxygen atoms in total. The summed E-state index contributed by atoms with van der Waals surface area (Å²) in [6, 6.07) is 4.12. The van der Waals surface area contributed by atoms with Crippen LogP contribution < -0.4 is 5.76 Å². The number of hydrogen-bond acceptors (Lipinski definition) is 6. The molecule has 2 rings (SSSR count). The topological polar surface area (TPSA) is 105 Å². The number of methoxy groups -OCH3 is 1. The van der Waals surface area contributed by atoms with Gasteiger partial charge in [-0.1, -0.05) is 19.3 Å². The molecular weight excluding hydrogens is 316 g/mol. The van der Waals surface area contributed by atoms with E-state index in [1.165, 1.54) is 29.9 Å². The van der Waals surface area contributed by atoms with Crippen LogP contribution in [0.3, 0.4) is 0 Å². The quantitative estimate of drug-likeness (QED) is 0.302. The van der Waals surface area contributed by atoms with Gasteiger partial charge in [0.2, 0.25) is 0 Å². The summed E-state index contributed by atoms with van der Waals surface area (Å²) in [6.45, 7) is 0.448. The number of non-ortho nitro benzene ring substituents is 1. The average Bonchev–Trinajstić information content (AvgIpc) is 2.88. The molecule has 24 heavy (non-hydrogen) atoms. The van der Waals surface area contributed by atoms with Crippen molar-refractivity contribution in [3.63, 3.8) is 0 Å². The molecule has 2 aromatic rings. The third kappa shape index (κ3) is 4.43. The van der Waals surface area contributed by atoms with Crippen molar-refractivity contribution in [3.05, 3.63) is 38.9 Å². The summed E-state index contributed by atoms with van der Waals surface area (Å²) in [4.78, 5) is 33.2. The molecular formula is C16H20N2O6. The first kappa shape index (κ1) is 17.7. The standard InChI is InChI=1S/C16H20N2O6/c1-23-15(19)7-5-3-2-4-6-10-17-13-11-12(18(21)22)8-9-14(13)24-16(17)20/h8-9,11H,2-7,10H2,1H3. The highest BCUT2D eigenvalue weighted by atomic mass is 16.6. The SMILES string of the molecule is COC(=O)CCCCCCCn1c(=O)oc2ccc([N+](=O)[O-])cc21. The van der Waals surface area contributed by atoms with E-state index in [1.807, 2.05) is 0 Å². The molecule has 1 aromatic carbocycles. The number of fused-ring (bicyclic) bond motifs is 1. The van der Waals surface area contributed by atoms with Gasteiger partial charge in [-0.3, -0.25) is 19.5 Å². The second-order valence-corrected chi connectivity index (χ2v) is 5.52. The number of esters is 1. The van der Waals surface area contributed by atoms with Crippen LogP contribution in [0, 0.1) is 10.1 Å². The molecule has 0 amide bonds. The molecule has 0 aliphatic carbocycles. The fourth-order valence-electron chi connectivity index (χ4n) is 2.55. The van der Waals surface area contributed by atoms with Crippen LogP contribution >= 0.6 is 0 Å². The number of aromatic nitrogens is 1. The minimum atomic E-state index is -0.504. The molecule has 0 aliphatic heterocycles. The Morgan fingerprint density at radius 1 is 1.25 bits per heavy atom. The Morgan fingerprint density at radius 2 is 1.96 bits per heavy atom. The maximum Gasteiger partial charge on any atom is 0.419 e. The van der Waals surface area contributed by atoms with E-state index in [-0.39, 0.29) is 11.7 Å². The Morgan fingerprint density at radius 3 is 2.67 bits per heavy atom. The molecule has 8 heteroatoms. The van der Waals surface area contributed by atoms with Crippen molar-refractivity contribution in [1.29, 1.82) is 0 Å². The van der Waals surface area contributed by atoms with Crippen LogP contribution in [-0.4, -0.2) is 22.6 Å². The summed E-state index contributed by atoms with van der Waals surface area (Å²) in [5, 5.41) is 10.8. The van der Waals surface area contributed by atoms with Crippen molar-refractivity contribution in [2.24, 2.45) is 0 Å². The van der Waals surface area contributed by atoms with Crippen molar-refractivity contribution in [2.75, 3.05) is 7.11 Å². The van der Waals surface area contributed by atoms with Crippen LogP contribution in [0.1, 0.15) is 38.5 Å². The lowest BCUT2D eigenvalue weighted by molar-refractivity contribution is -0.384. The molecule has 0 saturated carbocycles. The van der Waals surface area contributed by atoms with E-state index in [0.29, 0.717) is 24.1 Å². The molecule has 1 aromatic heterocycles. The highest BCUT2D eigenvalue weighted by Crippen LogP contribution is 2.20. The summed E-state index contributed by atoms with van der Waals surface area (Å²) in [7, 11) is 1.37. The number of nitro groups is 1. The van der Waals surface area contributed by atoms with Crippen LogP contribution in [0.4, 0.5) is 5.69 Å². The van der Waals surface area contributed by atoms with E-state index < -0.39 is 10.7 Å². The first-order valence-corrected chi connectivity index (χ1v) is 7.87. The molecule has 0 aliphatic rings. The third-order valence-corrected chi connectivity index (χ3v) is 3.85. The van der Waals surface area contributed by atoms with Gasteiger partial charge in [0.15, 0.2) is 5.58 Å². The van der Waals surface area contributed by atoms with Gasteiger partial charge in [0.25, 0.3) is 5.69 Å². The Bertz CT molecular complexity index is 776. The van der Waals surface area contributed by atoms with Gasteiger partial charge in [-0.25, -0.2) is 4.79 Å². The minimum absolute atomic E-state index is 0.0696. The molecule has 0 N–H and O–H groups in total. The van der Waals surface area contributed by atoms with E-state index >= 15 is 0 Å².